The van der Waals surface area contributed by atoms with Crippen LogP contribution < -0.4 is 16.9 Å². The molecule has 1 amide bonds. The molecular weight excluding hydrogens is 426 g/mol. The van der Waals surface area contributed by atoms with Gasteiger partial charge < -0.3 is 16.1 Å². The van der Waals surface area contributed by atoms with Gasteiger partial charge in [0.15, 0.2) is 5.03 Å². The zero-order valence-corrected chi connectivity index (χ0v) is 19.0. The highest BCUT2D eigenvalue weighted by molar-refractivity contribution is 7.93. The van der Waals surface area contributed by atoms with Crippen molar-refractivity contribution >= 4 is 27.5 Å². The molecule has 10 heteroatoms. The maximum absolute atomic E-state index is 12.7. The van der Waals surface area contributed by atoms with E-state index in [1.165, 1.54) is 15.5 Å². The minimum atomic E-state index is -3.77. The number of hydrogen-bond donors (Lipinski definition) is 3. The smallest absolute Gasteiger partial charge is 0.259 e. The third-order valence-corrected chi connectivity index (χ3v) is 7.67. The van der Waals surface area contributed by atoms with E-state index < -0.39 is 10.0 Å². The number of benzene rings is 1. The summed E-state index contributed by atoms with van der Waals surface area (Å²) in [6, 6.07) is 5.14. The quantitative estimate of drug-likeness (QED) is 0.385. The van der Waals surface area contributed by atoms with Crippen LogP contribution in [0, 0.1) is 18.3 Å². The van der Waals surface area contributed by atoms with Crippen LogP contribution in [0.1, 0.15) is 42.1 Å². The molecule has 0 radical (unpaired) electrons. The van der Waals surface area contributed by atoms with Crippen LogP contribution in [0.15, 0.2) is 29.4 Å². The van der Waals surface area contributed by atoms with Crippen molar-refractivity contribution in [3.8, 4) is 0 Å². The van der Waals surface area contributed by atoms with Crippen LogP contribution in [0.5, 0.6) is 0 Å². The molecule has 1 saturated heterocycles. The molecule has 1 aromatic rings. The highest BCUT2D eigenvalue weighted by atomic mass is 35.5. The average molecular weight is 456 g/mol. The monoisotopic (exact) mass is 455 g/mol. The molecule has 0 bridgehead atoms. The van der Waals surface area contributed by atoms with E-state index >= 15 is 0 Å². The number of hydrazine groups is 1. The average Bonchev–Trinajstić information content (AvgIpc) is 3.46. The third-order valence-electron chi connectivity index (χ3n) is 5.80. The van der Waals surface area contributed by atoms with Gasteiger partial charge in [0.05, 0.1) is 6.20 Å². The Kier molecular flexibility index (Phi) is 6.66. The molecule has 1 saturated carbocycles. The minimum Gasteiger partial charge on any atom is -0.387 e. The Bertz CT molecular complexity index is 940. The maximum atomic E-state index is 12.7. The Labute approximate surface area is 183 Å². The Morgan fingerprint density at radius 1 is 1.40 bits per heavy atom. The molecule has 2 fully saturated rings. The van der Waals surface area contributed by atoms with Crippen molar-refractivity contribution in [3.05, 3.63) is 45.6 Å². The van der Waals surface area contributed by atoms with Gasteiger partial charge in [-0.2, -0.15) is 4.31 Å². The predicted molar refractivity (Wildman–Crippen MR) is 118 cm³/mol. The van der Waals surface area contributed by atoms with Crippen molar-refractivity contribution in [1.82, 2.24) is 14.6 Å². The fraction of sp³-hybridized carbons (Fsp3) is 0.550. The molecule has 0 aromatic heterocycles. The van der Waals surface area contributed by atoms with E-state index in [1.807, 2.05) is 6.92 Å². The van der Waals surface area contributed by atoms with Gasteiger partial charge in [0.1, 0.15) is 0 Å². The van der Waals surface area contributed by atoms with Crippen LogP contribution in [0.2, 0.25) is 5.02 Å². The zero-order valence-electron chi connectivity index (χ0n) is 17.4. The van der Waals surface area contributed by atoms with Gasteiger partial charge in [-0.3, -0.25) is 4.79 Å². The van der Waals surface area contributed by atoms with Crippen LogP contribution in [0.3, 0.4) is 0 Å². The number of rotatable bonds is 9. The first-order valence-corrected chi connectivity index (χ1v) is 11.9. The van der Waals surface area contributed by atoms with Crippen molar-refractivity contribution in [3.63, 3.8) is 0 Å². The molecule has 3 rings (SSSR count). The van der Waals surface area contributed by atoms with Crippen molar-refractivity contribution in [2.24, 2.45) is 22.9 Å². The number of nitrogens with one attached hydrogen (secondary N) is 1. The number of aryl methyl sites for hydroxylation is 1. The first-order valence-electron chi connectivity index (χ1n) is 10.1. The van der Waals surface area contributed by atoms with Gasteiger partial charge in [-0.05, 0) is 49.9 Å². The van der Waals surface area contributed by atoms with Gasteiger partial charge in [0, 0.05) is 42.2 Å². The zero-order chi connectivity index (χ0) is 22.1. The lowest BCUT2D eigenvalue weighted by Gasteiger charge is -2.49. The molecule has 166 valence electrons. The van der Waals surface area contributed by atoms with E-state index in [9.17, 15) is 13.2 Å². The van der Waals surface area contributed by atoms with Crippen molar-refractivity contribution in [1.29, 1.82) is 0 Å². The number of amides is 1. The standard InChI is InChI=1S/C20H30ClN5O3S/c1-3-25(23)10-18(22)30(28,29)26-12-20(13-26,9-15-4-5-15)11-24-19(27)17-7-6-16(21)8-14(17)2/h6-8,10,15H,3-5,9,11-13,22-23H2,1-2H3,(H,24,27)/b18-10+. The van der Waals surface area contributed by atoms with Gasteiger partial charge in [-0.15, -0.1) is 0 Å². The summed E-state index contributed by atoms with van der Waals surface area (Å²) in [6.07, 6.45) is 4.43. The largest absolute Gasteiger partial charge is 0.387 e. The van der Waals surface area contributed by atoms with E-state index in [-0.39, 0.29) is 16.4 Å². The number of nitrogens with two attached hydrogens (primary N) is 2. The Balaban J connectivity index is 1.67. The lowest BCUT2D eigenvalue weighted by molar-refractivity contribution is 0.0512. The molecule has 8 nitrogen and oxygen atoms in total. The second-order valence-corrected chi connectivity index (χ2v) is 10.8. The Morgan fingerprint density at radius 3 is 2.63 bits per heavy atom. The summed E-state index contributed by atoms with van der Waals surface area (Å²) < 4.78 is 26.8. The highest BCUT2D eigenvalue weighted by Crippen LogP contribution is 2.46. The topological polar surface area (TPSA) is 122 Å². The van der Waals surface area contributed by atoms with E-state index in [0.29, 0.717) is 42.7 Å². The molecule has 1 aliphatic carbocycles. The summed E-state index contributed by atoms with van der Waals surface area (Å²) in [5.41, 5.74) is 6.89. The fourth-order valence-corrected chi connectivity index (χ4v) is 5.52. The predicted octanol–water partition coefficient (Wildman–Crippen LogP) is 1.76. The van der Waals surface area contributed by atoms with E-state index in [4.69, 9.17) is 23.2 Å². The molecule has 30 heavy (non-hydrogen) atoms. The molecular formula is C20H30ClN5O3S. The van der Waals surface area contributed by atoms with Crippen LogP contribution >= 0.6 is 11.6 Å². The summed E-state index contributed by atoms with van der Waals surface area (Å²) in [5.74, 6) is 6.07. The summed E-state index contributed by atoms with van der Waals surface area (Å²) in [6.45, 7) is 5.15. The van der Waals surface area contributed by atoms with Crippen LogP contribution in [0.25, 0.3) is 0 Å². The summed E-state index contributed by atoms with van der Waals surface area (Å²) in [5, 5.41) is 4.55. The van der Waals surface area contributed by atoms with Gasteiger partial charge in [0.2, 0.25) is 0 Å². The molecule has 5 N–H and O–H groups in total. The number of carbonyl (C=O) groups excluding carboxylic acids is 1. The van der Waals surface area contributed by atoms with Crippen molar-refractivity contribution < 1.29 is 13.2 Å². The molecule has 0 atom stereocenters. The third kappa shape index (κ3) is 5.08. The van der Waals surface area contributed by atoms with Gasteiger partial charge >= 0.3 is 0 Å². The lowest BCUT2D eigenvalue weighted by Crippen LogP contribution is -2.63. The number of carbonyl (C=O) groups is 1. The fourth-order valence-electron chi connectivity index (χ4n) is 3.83. The van der Waals surface area contributed by atoms with Gasteiger partial charge in [0.25, 0.3) is 15.9 Å². The minimum absolute atomic E-state index is 0.179. The molecule has 0 unspecified atom stereocenters. The number of nitrogens with zero attached hydrogens (tertiary/aromatic N) is 2. The van der Waals surface area contributed by atoms with Crippen molar-refractivity contribution in [2.45, 2.75) is 33.1 Å². The second kappa shape index (κ2) is 8.74. The molecule has 1 aromatic carbocycles. The first-order chi connectivity index (χ1) is 14.1. The molecule has 1 heterocycles. The second-order valence-electron chi connectivity index (χ2n) is 8.42. The molecule has 1 aliphatic heterocycles. The van der Waals surface area contributed by atoms with Crippen LogP contribution in [0.4, 0.5) is 0 Å². The summed E-state index contributed by atoms with van der Waals surface area (Å²) >= 11 is 5.97. The molecule has 0 spiro atoms. The van der Waals surface area contributed by atoms with Gasteiger partial charge in [-0.25, -0.2) is 14.3 Å². The number of hydrogen-bond acceptors (Lipinski definition) is 6. The normalized spacial score (nSPS) is 19.3. The Morgan fingerprint density at radius 2 is 2.07 bits per heavy atom. The Hall–Kier alpha value is -1.81. The summed E-state index contributed by atoms with van der Waals surface area (Å²) in [7, 11) is -3.77. The van der Waals surface area contributed by atoms with E-state index in [2.05, 4.69) is 5.32 Å². The maximum Gasteiger partial charge on any atom is 0.259 e. The number of halogens is 1. The van der Waals surface area contributed by atoms with Gasteiger partial charge in [-0.1, -0.05) is 24.4 Å². The van der Waals surface area contributed by atoms with E-state index in [0.717, 1.165) is 24.8 Å². The summed E-state index contributed by atoms with van der Waals surface area (Å²) in [4.78, 5) is 12.7. The SMILES string of the molecule is CCN(N)/C=C(\N)S(=O)(=O)N1CC(CNC(=O)c2ccc(Cl)cc2C)(CC2CC2)C1. The lowest BCUT2D eigenvalue weighted by atomic mass is 9.76. The van der Waals surface area contributed by atoms with E-state index in [1.54, 1.807) is 25.1 Å². The van der Waals surface area contributed by atoms with Crippen molar-refractivity contribution in [2.75, 3.05) is 26.2 Å². The number of sulfonamides is 1. The molecule has 2 aliphatic rings. The van der Waals surface area contributed by atoms with Crippen LogP contribution in [-0.4, -0.2) is 49.8 Å². The highest BCUT2D eigenvalue weighted by Gasteiger charge is 2.50. The first kappa shape index (κ1) is 22.9. The van der Waals surface area contributed by atoms with Crippen LogP contribution in [-0.2, 0) is 10.0 Å².